The molecule has 0 saturated heterocycles. The van der Waals surface area contributed by atoms with E-state index < -0.39 is 41.5 Å². The quantitative estimate of drug-likeness (QED) is 0.549. The Labute approximate surface area is 173 Å². The smallest absolute Gasteiger partial charge is 0.505 e. The fourth-order valence-electron chi connectivity index (χ4n) is 3.60. The summed E-state index contributed by atoms with van der Waals surface area (Å²) in [6.07, 6.45) is -4.79. The van der Waals surface area contributed by atoms with E-state index in [0.29, 0.717) is 0 Å². The van der Waals surface area contributed by atoms with Crippen LogP contribution in [0.1, 0.15) is 40.9 Å². The second kappa shape index (κ2) is 7.93. The summed E-state index contributed by atoms with van der Waals surface area (Å²) < 4.78 is 56.7. The molecule has 31 heavy (non-hydrogen) atoms. The number of hydrogen-bond acceptors (Lipinski definition) is 4. The molecule has 0 saturated carbocycles. The molecule has 0 aliphatic rings. The molecule has 2 aromatic carbocycles. The Morgan fingerprint density at radius 3 is 2.26 bits per heavy atom. The number of carbonyl (C=O) groups excluding carboxylic acids is 1. The van der Waals surface area contributed by atoms with Crippen LogP contribution in [-0.2, 0) is 4.79 Å². The highest BCUT2D eigenvalue weighted by atomic mass is 19.4. The summed E-state index contributed by atoms with van der Waals surface area (Å²) in [5.74, 6) is -5.36. The zero-order valence-corrected chi connectivity index (χ0v) is 16.3. The summed E-state index contributed by atoms with van der Waals surface area (Å²) in [4.78, 5) is 24.9. The number of phenols is 1. The van der Waals surface area contributed by atoms with Crippen LogP contribution in [0.2, 0.25) is 0 Å². The van der Waals surface area contributed by atoms with Crippen molar-refractivity contribution in [3.05, 3.63) is 59.0 Å². The Kier molecular flexibility index (Phi) is 5.66. The maximum atomic E-state index is 14.8. The summed E-state index contributed by atoms with van der Waals surface area (Å²) in [6.45, 7) is 3.03. The number of aromatic nitrogens is 1. The fourth-order valence-corrected chi connectivity index (χ4v) is 3.60. The third-order valence-corrected chi connectivity index (χ3v) is 4.93. The Balaban J connectivity index is 2.18. The van der Waals surface area contributed by atoms with Gasteiger partial charge in [-0.05, 0) is 55.3 Å². The van der Waals surface area contributed by atoms with Gasteiger partial charge in [0.2, 0.25) is 0 Å². The number of aromatic hydroxyl groups is 1. The van der Waals surface area contributed by atoms with Crippen LogP contribution in [0.5, 0.6) is 11.5 Å². The van der Waals surface area contributed by atoms with Gasteiger partial charge in [-0.15, -0.1) is 13.2 Å². The van der Waals surface area contributed by atoms with Crippen molar-refractivity contribution in [1.29, 1.82) is 0 Å². The molecule has 1 unspecified atom stereocenters. The number of aliphatic carboxylic acids is 1. The van der Waals surface area contributed by atoms with Crippen LogP contribution in [0.25, 0.3) is 10.9 Å². The molecule has 0 fully saturated rings. The summed E-state index contributed by atoms with van der Waals surface area (Å²) in [5, 5.41) is 19.2. The van der Waals surface area contributed by atoms with Gasteiger partial charge in [0.15, 0.2) is 11.6 Å². The minimum atomic E-state index is -4.89. The van der Waals surface area contributed by atoms with E-state index in [-0.39, 0.29) is 34.1 Å². The molecular formula is C21H17F4NO5. The SMILES string of the molecule is CCC(C(=O)O)c1c(C)n(C(=O)c2ccc(OC(F)(F)F)cc2)c2ccc(O)c(F)c12. The van der Waals surface area contributed by atoms with Crippen molar-refractivity contribution in [2.45, 2.75) is 32.5 Å². The molecule has 0 aliphatic heterocycles. The van der Waals surface area contributed by atoms with Gasteiger partial charge in [-0.1, -0.05) is 6.92 Å². The number of rotatable bonds is 5. The van der Waals surface area contributed by atoms with Gasteiger partial charge in [-0.3, -0.25) is 14.2 Å². The Hall–Kier alpha value is -3.56. The molecule has 0 bridgehead atoms. The molecule has 1 aromatic heterocycles. The van der Waals surface area contributed by atoms with E-state index in [1.807, 2.05) is 0 Å². The number of ether oxygens (including phenoxy) is 1. The molecule has 2 N–H and O–H groups in total. The van der Waals surface area contributed by atoms with Crippen molar-refractivity contribution in [3.63, 3.8) is 0 Å². The van der Waals surface area contributed by atoms with Crippen molar-refractivity contribution in [1.82, 2.24) is 4.57 Å². The monoisotopic (exact) mass is 439 g/mol. The normalized spacial score (nSPS) is 12.7. The molecule has 0 aliphatic carbocycles. The zero-order valence-electron chi connectivity index (χ0n) is 16.3. The molecule has 0 amide bonds. The molecule has 0 radical (unpaired) electrons. The molecule has 1 heterocycles. The van der Waals surface area contributed by atoms with Gasteiger partial charge in [0.05, 0.1) is 11.4 Å². The highest BCUT2D eigenvalue weighted by Crippen LogP contribution is 2.38. The molecule has 164 valence electrons. The van der Waals surface area contributed by atoms with Crippen LogP contribution >= 0.6 is 0 Å². The van der Waals surface area contributed by atoms with Crippen LogP contribution < -0.4 is 4.74 Å². The second-order valence-electron chi connectivity index (χ2n) is 6.80. The van der Waals surface area contributed by atoms with Crippen molar-refractivity contribution in [2.75, 3.05) is 0 Å². The summed E-state index contributed by atoms with van der Waals surface area (Å²) >= 11 is 0. The van der Waals surface area contributed by atoms with Crippen LogP contribution in [0.15, 0.2) is 36.4 Å². The highest BCUT2D eigenvalue weighted by Gasteiger charge is 2.32. The Morgan fingerprint density at radius 1 is 1.13 bits per heavy atom. The second-order valence-corrected chi connectivity index (χ2v) is 6.80. The Morgan fingerprint density at radius 2 is 1.74 bits per heavy atom. The number of phenolic OH excluding ortho intramolecular Hbond substituents is 1. The van der Waals surface area contributed by atoms with E-state index >= 15 is 0 Å². The number of halogens is 4. The van der Waals surface area contributed by atoms with Gasteiger partial charge in [0, 0.05) is 16.6 Å². The van der Waals surface area contributed by atoms with Gasteiger partial charge in [0.25, 0.3) is 5.91 Å². The molecule has 1 atom stereocenters. The zero-order chi connectivity index (χ0) is 23.1. The maximum Gasteiger partial charge on any atom is 0.573 e. The lowest BCUT2D eigenvalue weighted by Crippen LogP contribution is -2.18. The first-order chi connectivity index (χ1) is 14.5. The molecule has 0 spiro atoms. The van der Waals surface area contributed by atoms with Crippen LogP contribution in [0.4, 0.5) is 17.6 Å². The number of nitrogens with zero attached hydrogens (tertiary/aromatic N) is 1. The van der Waals surface area contributed by atoms with Gasteiger partial charge >= 0.3 is 12.3 Å². The summed E-state index contributed by atoms with van der Waals surface area (Å²) in [6, 6.07) is 6.45. The minimum absolute atomic E-state index is 0.0297. The number of benzene rings is 2. The van der Waals surface area contributed by atoms with E-state index in [2.05, 4.69) is 4.74 Å². The summed E-state index contributed by atoms with van der Waals surface area (Å²) in [7, 11) is 0. The first-order valence-electron chi connectivity index (χ1n) is 9.12. The van der Waals surface area contributed by atoms with E-state index in [1.165, 1.54) is 13.0 Å². The number of alkyl halides is 3. The molecular weight excluding hydrogens is 422 g/mol. The Bertz CT molecular complexity index is 1170. The summed E-state index contributed by atoms with van der Waals surface area (Å²) in [5.41, 5.74) is 0.194. The number of fused-ring (bicyclic) bond motifs is 1. The van der Waals surface area contributed by atoms with Gasteiger partial charge in [0.1, 0.15) is 5.75 Å². The van der Waals surface area contributed by atoms with Crippen molar-refractivity contribution >= 4 is 22.8 Å². The lowest BCUT2D eigenvalue weighted by Gasteiger charge is -2.12. The first kappa shape index (κ1) is 22.1. The van der Waals surface area contributed by atoms with Crippen molar-refractivity contribution < 1.29 is 42.1 Å². The predicted molar refractivity (Wildman–Crippen MR) is 102 cm³/mol. The number of hydrogen-bond donors (Lipinski definition) is 2. The lowest BCUT2D eigenvalue weighted by atomic mass is 9.93. The largest absolute Gasteiger partial charge is 0.573 e. The molecule has 3 rings (SSSR count). The van der Waals surface area contributed by atoms with Crippen molar-refractivity contribution in [2.24, 2.45) is 0 Å². The maximum absolute atomic E-state index is 14.8. The van der Waals surface area contributed by atoms with E-state index in [9.17, 15) is 37.4 Å². The number of carbonyl (C=O) groups is 2. The third-order valence-electron chi connectivity index (χ3n) is 4.93. The van der Waals surface area contributed by atoms with Gasteiger partial charge < -0.3 is 14.9 Å². The first-order valence-corrected chi connectivity index (χ1v) is 9.12. The molecule has 3 aromatic rings. The average Bonchev–Trinajstić information content (AvgIpc) is 2.97. The minimum Gasteiger partial charge on any atom is -0.505 e. The topological polar surface area (TPSA) is 88.8 Å². The van der Waals surface area contributed by atoms with Crippen LogP contribution in [0.3, 0.4) is 0 Å². The van der Waals surface area contributed by atoms with Crippen LogP contribution in [-0.4, -0.2) is 33.0 Å². The molecule has 10 heteroatoms. The lowest BCUT2D eigenvalue weighted by molar-refractivity contribution is -0.274. The van der Waals surface area contributed by atoms with Gasteiger partial charge in [-0.2, -0.15) is 0 Å². The van der Waals surface area contributed by atoms with E-state index in [1.54, 1.807) is 6.92 Å². The number of carboxylic acids is 1. The fraction of sp³-hybridized carbons (Fsp3) is 0.238. The average molecular weight is 439 g/mol. The number of carboxylic acid groups (broad SMARTS) is 1. The van der Waals surface area contributed by atoms with Crippen LogP contribution in [0, 0.1) is 12.7 Å². The van der Waals surface area contributed by atoms with E-state index in [4.69, 9.17) is 0 Å². The predicted octanol–water partition coefficient (Wildman–Crippen LogP) is 4.96. The standard InChI is InChI=1S/C21H17F4NO5/c1-3-13(20(29)30)16-10(2)26(14-8-9-15(27)18(22)17(14)16)19(28)11-4-6-12(7-5-11)31-21(23,24)25/h4-9,13,27H,3H2,1-2H3,(H,29,30). The third kappa shape index (κ3) is 4.05. The van der Waals surface area contributed by atoms with E-state index in [0.717, 1.165) is 34.9 Å². The van der Waals surface area contributed by atoms with Gasteiger partial charge in [-0.25, -0.2) is 4.39 Å². The van der Waals surface area contributed by atoms with Crippen molar-refractivity contribution in [3.8, 4) is 11.5 Å². The molecule has 6 nitrogen and oxygen atoms in total. The highest BCUT2D eigenvalue weighted by molar-refractivity contribution is 6.05.